The monoisotopic (exact) mass is 455 g/mol. The van der Waals surface area contributed by atoms with E-state index in [-0.39, 0.29) is 24.2 Å². The van der Waals surface area contributed by atoms with Crippen molar-refractivity contribution in [3.63, 3.8) is 0 Å². The molecule has 0 saturated carbocycles. The molecule has 172 valence electrons. The van der Waals surface area contributed by atoms with Crippen LogP contribution in [0.3, 0.4) is 0 Å². The van der Waals surface area contributed by atoms with Crippen LogP contribution in [0.5, 0.6) is 0 Å². The number of halogens is 1. The number of aromatic nitrogens is 2. The van der Waals surface area contributed by atoms with E-state index in [9.17, 15) is 14.0 Å². The topological polar surface area (TPSA) is 64.0 Å². The first-order valence-corrected chi connectivity index (χ1v) is 11.1. The Labute approximate surface area is 197 Å². The summed E-state index contributed by atoms with van der Waals surface area (Å²) in [6.45, 7) is 8.43. The third-order valence-electron chi connectivity index (χ3n) is 5.82. The molecule has 34 heavy (non-hydrogen) atoms. The number of benzene rings is 2. The molecule has 0 aliphatic carbocycles. The number of hydrogen-bond donors (Lipinski definition) is 1. The molecule has 6 heteroatoms. The molecule has 2 aromatic carbocycles. The van der Waals surface area contributed by atoms with Gasteiger partial charge in [0.1, 0.15) is 12.1 Å². The van der Waals surface area contributed by atoms with E-state index in [4.69, 9.17) is 0 Å². The van der Waals surface area contributed by atoms with E-state index >= 15 is 0 Å². The van der Waals surface area contributed by atoms with Crippen molar-refractivity contribution < 1.29 is 14.0 Å². The van der Waals surface area contributed by atoms with Gasteiger partial charge in [-0.2, -0.15) is 0 Å². The van der Waals surface area contributed by atoms with Gasteiger partial charge in [-0.3, -0.25) is 14.6 Å². The van der Waals surface area contributed by atoms with E-state index < -0.39 is 0 Å². The first-order chi connectivity index (χ1) is 16.4. The third kappa shape index (κ3) is 4.53. The second kappa shape index (κ2) is 9.83. The maximum absolute atomic E-state index is 13.8. The van der Waals surface area contributed by atoms with Crippen LogP contribution in [0.2, 0.25) is 0 Å². The average molecular weight is 456 g/mol. The summed E-state index contributed by atoms with van der Waals surface area (Å²) in [5.41, 5.74) is 4.81. The van der Waals surface area contributed by atoms with Gasteiger partial charge < -0.3 is 9.88 Å². The van der Waals surface area contributed by atoms with Gasteiger partial charge in [0.05, 0.1) is 23.3 Å². The Kier molecular flexibility index (Phi) is 6.68. The SMILES string of the molecule is C=Cc1cc(CNC(=O)c2c(C(C)C)n(Cc3ccccn3)c3cc(C=O)ccc23)ccc1F. The fraction of sp³-hybridized carbons (Fsp3) is 0.179. The average Bonchev–Trinajstić information content (AvgIpc) is 3.17. The van der Waals surface area contributed by atoms with Crippen molar-refractivity contribution in [3.05, 3.63) is 107 Å². The number of fused-ring (bicyclic) bond motifs is 1. The second-order valence-electron chi connectivity index (χ2n) is 8.46. The Hall–Kier alpha value is -4.06. The molecule has 0 saturated heterocycles. The molecular formula is C28H26FN3O2. The lowest BCUT2D eigenvalue weighted by atomic mass is 10.0. The fourth-order valence-electron chi connectivity index (χ4n) is 4.25. The van der Waals surface area contributed by atoms with Crippen molar-refractivity contribution in [3.8, 4) is 0 Å². The summed E-state index contributed by atoms with van der Waals surface area (Å²) in [6.07, 6.45) is 3.99. The Morgan fingerprint density at radius 2 is 2.00 bits per heavy atom. The minimum Gasteiger partial charge on any atom is -0.348 e. The van der Waals surface area contributed by atoms with Crippen molar-refractivity contribution in [1.29, 1.82) is 0 Å². The van der Waals surface area contributed by atoms with Gasteiger partial charge in [-0.1, -0.05) is 50.8 Å². The van der Waals surface area contributed by atoms with Crippen LogP contribution in [-0.2, 0) is 13.1 Å². The quantitative estimate of drug-likeness (QED) is 0.345. The van der Waals surface area contributed by atoms with Gasteiger partial charge in [0.15, 0.2) is 0 Å². The van der Waals surface area contributed by atoms with E-state index in [1.165, 1.54) is 12.1 Å². The number of pyridine rings is 1. The zero-order chi connectivity index (χ0) is 24.2. The molecule has 2 aromatic heterocycles. The molecule has 0 spiro atoms. The zero-order valence-electron chi connectivity index (χ0n) is 19.2. The number of carbonyl (C=O) groups is 2. The van der Waals surface area contributed by atoms with Crippen LogP contribution >= 0.6 is 0 Å². The van der Waals surface area contributed by atoms with Gasteiger partial charge in [0, 0.05) is 34.9 Å². The van der Waals surface area contributed by atoms with Gasteiger partial charge in [-0.25, -0.2) is 4.39 Å². The van der Waals surface area contributed by atoms with Crippen LogP contribution in [0.15, 0.2) is 67.4 Å². The van der Waals surface area contributed by atoms with Crippen molar-refractivity contribution in [1.82, 2.24) is 14.9 Å². The van der Waals surface area contributed by atoms with Crippen LogP contribution in [0.4, 0.5) is 4.39 Å². The van der Waals surface area contributed by atoms with Crippen LogP contribution in [0.25, 0.3) is 17.0 Å². The lowest BCUT2D eigenvalue weighted by molar-refractivity contribution is 0.0950. The standard InChI is InChI=1S/C28H26FN3O2/c1-4-21-13-19(9-11-24(21)29)15-31-28(34)26-23-10-8-20(17-33)14-25(23)32(27(26)18(2)3)16-22-7-5-6-12-30-22/h4-14,17-18H,1,15-16H2,2-3H3,(H,31,34). The summed E-state index contributed by atoms with van der Waals surface area (Å²) >= 11 is 0. The zero-order valence-corrected chi connectivity index (χ0v) is 19.2. The largest absolute Gasteiger partial charge is 0.348 e. The Balaban J connectivity index is 1.78. The molecule has 0 aliphatic heterocycles. The number of amides is 1. The van der Waals surface area contributed by atoms with Gasteiger partial charge >= 0.3 is 0 Å². The molecule has 2 heterocycles. The predicted molar refractivity (Wildman–Crippen MR) is 132 cm³/mol. The highest BCUT2D eigenvalue weighted by atomic mass is 19.1. The van der Waals surface area contributed by atoms with Gasteiger partial charge in [-0.05, 0) is 41.8 Å². The van der Waals surface area contributed by atoms with Crippen molar-refractivity contribution >= 4 is 29.2 Å². The van der Waals surface area contributed by atoms with Crippen molar-refractivity contribution in [2.75, 3.05) is 0 Å². The number of rotatable bonds is 8. The summed E-state index contributed by atoms with van der Waals surface area (Å²) in [5, 5.41) is 3.76. The highest BCUT2D eigenvalue weighted by Crippen LogP contribution is 2.32. The predicted octanol–water partition coefficient (Wildman–Crippen LogP) is 5.73. The Morgan fingerprint density at radius 1 is 1.18 bits per heavy atom. The number of hydrogen-bond acceptors (Lipinski definition) is 3. The minimum atomic E-state index is -0.351. The molecule has 0 radical (unpaired) electrons. The molecule has 1 N–H and O–H groups in total. The highest BCUT2D eigenvalue weighted by Gasteiger charge is 2.25. The molecular weight excluding hydrogens is 429 g/mol. The van der Waals surface area contributed by atoms with E-state index in [0.29, 0.717) is 23.2 Å². The third-order valence-corrected chi connectivity index (χ3v) is 5.82. The molecule has 5 nitrogen and oxygen atoms in total. The summed E-state index contributed by atoms with van der Waals surface area (Å²) < 4.78 is 15.9. The Morgan fingerprint density at radius 3 is 2.68 bits per heavy atom. The van der Waals surface area contributed by atoms with Gasteiger partial charge in [0.2, 0.25) is 0 Å². The summed E-state index contributed by atoms with van der Waals surface area (Å²) in [4.78, 5) is 29.4. The normalized spacial score (nSPS) is 11.1. The van der Waals surface area contributed by atoms with E-state index in [1.807, 2.05) is 44.2 Å². The van der Waals surface area contributed by atoms with Crippen molar-refractivity contribution in [2.24, 2.45) is 0 Å². The molecule has 4 rings (SSSR count). The fourth-order valence-corrected chi connectivity index (χ4v) is 4.25. The van der Waals surface area contributed by atoms with E-state index in [2.05, 4.69) is 21.4 Å². The molecule has 0 bridgehead atoms. The van der Waals surface area contributed by atoms with E-state index in [1.54, 1.807) is 24.4 Å². The molecule has 0 unspecified atom stereocenters. The van der Waals surface area contributed by atoms with Crippen LogP contribution in [0.1, 0.15) is 63.0 Å². The lowest BCUT2D eigenvalue weighted by Crippen LogP contribution is -2.24. The van der Waals surface area contributed by atoms with Crippen LogP contribution in [-0.4, -0.2) is 21.7 Å². The summed E-state index contributed by atoms with van der Waals surface area (Å²) in [6, 6.07) is 15.8. The molecule has 1 amide bonds. The molecule has 0 aliphatic rings. The maximum Gasteiger partial charge on any atom is 0.254 e. The number of carbonyl (C=O) groups excluding carboxylic acids is 2. The number of nitrogens with zero attached hydrogens (tertiary/aromatic N) is 2. The second-order valence-corrected chi connectivity index (χ2v) is 8.46. The molecule has 4 aromatic rings. The Bertz CT molecular complexity index is 1370. The smallest absolute Gasteiger partial charge is 0.254 e. The molecule has 0 fully saturated rings. The number of aldehydes is 1. The maximum atomic E-state index is 13.8. The number of nitrogens with one attached hydrogen (secondary N) is 1. The lowest BCUT2D eigenvalue weighted by Gasteiger charge is -2.15. The molecule has 0 atom stereocenters. The van der Waals surface area contributed by atoms with Gasteiger partial charge in [0.25, 0.3) is 5.91 Å². The van der Waals surface area contributed by atoms with Crippen molar-refractivity contribution in [2.45, 2.75) is 32.9 Å². The first kappa shape index (κ1) is 23.1. The van der Waals surface area contributed by atoms with Crippen LogP contribution < -0.4 is 5.32 Å². The summed E-state index contributed by atoms with van der Waals surface area (Å²) in [5.74, 6) is -0.540. The van der Waals surface area contributed by atoms with Gasteiger partial charge in [-0.15, -0.1) is 0 Å². The van der Waals surface area contributed by atoms with Crippen LogP contribution in [0, 0.1) is 5.82 Å². The van der Waals surface area contributed by atoms with E-state index in [0.717, 1.165) is 34.1 Å². The summed E-state index contributed by atoms with van der Waals surface area (Å²) in [7, 11) is 0. The minimum absolute atomic E-state index is 0.0368. The first-order valence-electron chi connectivity index (χ1n) is 11.1. The highest BCUT2D eigenvalue weighted by molar-refractivity contribution is 6.09.